The van der Waals surface area contributed by atoms with E-state index in [0.29, 0.717) is 15.6 Å². The quantitative estimate of drug-likeness (QED) is 0.706. The molecule has 1 atom stereocenters. The van der Waals surface area contributed by atoms with Crippen LogP contribution in [0.2, 0.25) is 10.0 Å². The van der Waals surface area contributed by atoms with Gasteiger partial charge in [-0.3, -0.25) is 0 Å². The summed E-state index contributed by atoms with van der Waals surface area (Å²) in [6.45, 7) is 1.73. The fraction of sp³-hybridized carbons (Fsp3) is 0.200. The lowest BCUT2D eigenvalue weighted by molar-refractivity contribution is -0.137. The summed E-state index contributed by atoms with van der Waals surface area (Å²) in [5.41, 5.74) is -0.0651. The molecule has 112 valence electrons. The van der Waals surface area contributed by atoms with Gasteiger partial charge < -0.3 is 5.32 Å². The lowest BCUT2D eigenvalue weighted by Crippen LogP contribution is -2.13. The fourth-order valence-electron chi connectivity index (χ4n) is 2.01. The van der Waals surface area contributed by atoms with Crippen molar-refractivity contribution in [2.75, 3.05) is 5.32 Å². The van der Waals surface area contributed by atoms with E-state index in [4.69, 9.17) is 23.2 Å². The minimum atomic E-state index is -4.42. The normalized spacial score (nSPS) is 13.0. The van der Waals surface area contributed by atoms with Crippen LogP contribution in [0.3, 0.4) is 0 Å². The SMILES string of the molecule is CC(Nc1ccccc1C(F)(F)F)c1cc(Cl)ccc1Cl. The predicted octanol–water partition coefficient (Wildman–Crippen LogP) is 6.19. The van der Waals surface area contributed by atoms with Gasteiger partial charge in [0.05, 0.1) is 11.6 Å². The van der Waals surface area contributed by atoms with Crippen LogP contribution in [-0.2, 0) is 6.18 Å². The molecule has 1 unspecified atom stereocenters. The molecule has 0 radical (unpaired) electrons. The van der Waals surface area contributed by atoms with Crippen LogP contribution in [0.1, 0.15) is 24.1 Å². The molecule has 1 nitrogen and oxygen atoms in total. The van der Waals surface area contributed by atoms with Crippen molar-refractivity contribution < 1.29 is 13.2 Å². The summed E-state index contributed by atoms with van der Waals surface area (Å²) in [5.74, 6) is 0. The number of rotatable bonds is 3. The van der Waals surface area contributed by atoms with Gasteiger partial charge in [-0.05, 0) is 42.8 Å². The Hall–Kier alpha value is -1.39. The summed E-state index contributed by atoms with van der Waals surface area (Å²) >= 11 is 12.0. The van der Waals surface area contributed by atoms with E-state index in [1.807, 2.05) is 0 Å². The van der Waals surface area contributed by atoms with Gasteiger partial charge in [0, 0.05) is 15.7 Å². The van der Waals surface area contributed by atoms with Crippen LogP contribution >= 0.6 is 23.2 Å². The maximum Gasteiger partial charge on any atom is 0.418 e. The van der Waals surface area contributed by atoms with Crippen LogP contribution in [0.25, 0.3) is 0 Å². The van der Waals surface area contributed by atoms with Gasteiger partial charge in [-0.2, -0.15) is 13.2 Å². The van der Waals surface area contributed by atoms with E-state index in [1.54, 1.807) is 31.2 Å². The minimum absolute atomic E-state index is 0.00791. The molecule has 0 saturated heterocycles. The van der Waals surface area contributed by atoms with Gasteiger partial charge in [-0.1, -0.05) is 35.3 Å². The molecule has 0 fully saturated rings. The number of benzene rings is 2. The Kier molecular flexibility index (Phi) is 4.69. The topological polar surface area (TPSA) is 12.0 Å². The van der Waals surface area contributed by atoms with Gasteiger partial charge >= 0.3 is 6.18 Å². The van der Waals surface area contributed by atoms with Crippen LogP contribution in [0.4, 0.5) is 18.9 Å². The Morgan fingerprint density at radius 3 is 2.38 bits per heavy atom. The smallest absolute Gasteiger partial charge is 0.378 e. The highest BCUT2D eigenvalue weighted by molar-refractivity contribution is 6.33. The van der Waals surface area contributed by atoms with Crippen molar-refractivity contribution in [1.82, 2.24) is 0 Å². The van der Waals surface area contributed by atoms with Crippen molar-refractivity contribution in [3.05, 3.63) is 63.6 Å². The molecule has 2 aromatic rings. The maximum atomic E-state index is 13.0. The number of hydrogen-bond acceptors (Lipinski definition) is 1. The van der Waals surface area contributed by atoms with E-state index in [1.165, 1.54) is 12.1 Å². The summed E-state index contributed by atoms with van der Waals surface area (Å²) < 4.78 is 38.9. The fourth-order valence-corrected chi connectivity index (χ4v) is 2.48. The van der Waals surface area contributed by atoms with Crippen molar-refractivity contribution in [3.63, 3.8) is 0 Å². The largest absolute Gasteiger partial charge is 0.418 e. The van der Waals surface area contributed by atoms with Crippen LogP contribution in [0.5, 0.6) is 0 Å². The third kappa shape index (κ3) is 3.83. The maximum absolute atomic E-state index is 13.0. The van der Waals surface area contributed by atoms with Crippen molar-refractivity contribution in [3.8, 4) is 0 Å². The molecule has 0 aliphatic heterocycles. The number of halogens is 5. The first-order valence-corrected chi connectivity index (χ1v) is 6.92. The third-order valence-electron chi connectivity index (χ3n) is 3.03. The van der Waals surface area contributed by atoms with Gasteiger partial charge in [0.2, 0.25) is 0 Å². The molecule has 21 heavy (non-hydrogen) atoms. The number of nitrogens with one attached hydrogen (secondary N) is 1. The highest BCUT2D eigenvalue weighted by Gasteiger charge is 2.33. The molecular formula is C15H12Cl2F3N. The Balaban J connectivity index is 2.32. The minimum Gasteiger partial charge on any atom is -0.378 e. The van der Waals surface area contributed by atoms with Crippen molar-refractivity contribution >= 4 is 28.9 Å². The highest BCUT2D eigenvalue weighted by Crippen LogP contribution is 2.37. The van der Waals surface area contributed by atoms with E-state index in [9.17, 15) is 13.2 Å². The van der Waals surface area contributed by atoms with Crippen molar-refractivity contribution in [1.29, 1.82) is 0 Å². The van der Waals surface area contributed by atoms with Gasteiger partial charge in [-0.25, -0.2) is 0 Å². The Bertz CT molecular complexity index is 641. The zero-order valence-corrected chi connectivity index (χ0v) is 12.5. The second-order valence-electron chi connectivity index (χ2n) is 4.58. The van der Waals surface area contributed by atoms with Crippen molar-refractivity contribution in [2.24, 2.45) is 0 Å². The van der Waals surface area contributed by atoms with Crippen molar-refractivity contribution in [2.45, 2.75) is 19.1 Å². The monoisotopic (exact) mass is 333 g/mol. The van der Waals surface area contributed by atoms with E-state index >= 15 is 0 Å². The first-order valence-electron chi connectivity index (χ1n) is 6.16. The van der Waals surface area contributed by atoms with Gasteiger partial charge in [0.15, 0.2) is 0 Å². The van der Waals surface area contributed by atoms with E-state index < -0.39 is 17.8 Å². The Labute approximate surface area is 130 Å². The van der Waals surface area contributed by atoms with Crippen LogP contribution < -0.4 is 5.32 Å². The molecule has 0 bridgehead atoms. The first-order chi connectivity index (χ1) is 9.79. The standard InChI is InChI=1S/C15H12Cl2F3N/c1-9(11-8-10(16)6-7-13(11)17)21-14-5-3-2-4-12(14)15(18,19)20/h2-9,21H,1H3. The molecule has 0 heterocycles. The summed E-state index contributed by atoms with van der Waals surface area (Å²) in [7, 11) is 0. The van der Waals surface area contributed by atoms with Gasteiger partial charge in [0.25, 0.3) is 0 Å². The van der Waals surface area contributed by atoms with Crippen LogP contribution in [-0.4, -0.2) is 0 Å². The molecule has 1 N–H and O–H groups in total. The molecule has 0 amide bonds. The lowest BCUT2D eigenvalue weighted by atomic mass is 10.1. The van der Waals surface area contributed by atoms with Gasteiger partial charge in [0.1, 0.15) is 0 Å². The molecule has 2 aromatic carbocycles. The molecular weight excluding hydrogens is 322 g/mol. The second-order valence-corrected chi connectivity index (χ2v) is 5.42. The summed E-state index contributed by atoms with van der Waals surface area (Å²) in [6, 6.07) is 9.79. The van der Waals surface area contributed by atoms with Crippen LogP contribution in [0.15, 0.2) is 42.5 Å². The Morgan fingerprint density at radius 2 is 1.71 bits per heavy atom. The number of alkyl halides is 3. The Morgan fingerprint density at radius 1 is 1.05 bits per heavy atom. The summed E-state index contributed by atoms with van der Waals surface area (Å²) in [5, 5.41) is 3.77. The first kappa shape index (κ1) is 16.0. The average molecular weight is 334 g/mol. The molecule has 0 saturated carbocycles. The van der Waals surface area contributed by atoms with E-state index in [0.717, 1.165) is 6.07 Å². The third-order valence-corrected chi connectivity index (χ3v) is 3.61. The zero-order chi connectivity index (χ0) is 15.6. The molecule has 0 aliphatic rings. The van der Waals surface area contributed by atoms with E-state index in [-0.39, 0.29) is 5.69 Å². The molecule has 2 rings (SSSR count). The van der Waals surface area contributed by atoms with E-state index in [2.05, 4.69) is 5.32 Å². The average Bonchev–Trinajstić information content (AvgIpc) is 2.41. The van der Waals surface area contributed by atoms with Gasteiger partial charge in [-0.15, -0.1) is 0 Å². The number of anilines is 1. The zero-order valence-electron chi connectivity index (χ0n) is 11.0. The predicted molar refractivity (Wildman–Crippen MR) is 79.9 cm³/mol. The lowest BCUT2D eigenvalue weighted by Gasteiger charge is -2.20. The number of hydrogen-bond donors (Lipinski definition) is 1. The van der Waals surface area contributed by atoms with Crippen LogP contribution in [0, 0.1) is 0 Å². The molecule has 6 heteroatoms. The highest BCUT2D eigenvalue weighted by atomic mass is 35.5. The summed E-state index contributed by atoms with van der Waals surface area (Å²) in [4.78, 5) is 0. The second kappa shape index (κ2) is 6.16. The summed E-state index contributed by atoms with van der Waals surface area (Å²) in [6.07, 6.45) is -4.42. The number of para-hydroxylation sites is 1. The molecule has 0 aliphatic carbocycles. The molecule has 0 spiro atoms. The molecule has 0 aromatic heterocycles.